The van der Waals surface area contributed by atoms with Crippen molar-refractivity contribution in [3.05, 3.63) is 77.1 Å². The van der Waals surface area contributed by atoms with Gasteiger partial charge in [-0.3, -0.25) is 9.78 Å². The average Bonchev–Trinajstić information content (AvgIpc) is 2.72. The number of pyridine rings is 1. The minimum absolute atomic E-state index is 0.00904. The number of methoxy groups -OCH3 is 1. The van der Waals surface area contributed by atoms with Gasteiger partial charge in [0.25, 0.3) is 0 Å². The highest BCUT2D eigenvalue weighted by atomic mass is 16.6. The second-order valence-electron chi connectivity index (χ2n) is 8.31. The van der Waals surface area contributed by atoms with Gasteiger partial charge in [0.1, 0.15) is 5.60 Å². The van der Waals surface area contributed by atoms with Gasteiger partial charge in [0.05, 0.1) is 24.8 Å². The molecule has 1 unspecified atom stereocenters. The lowest BCUT2D eigenvalue weighted by molar-refractivity contribution is -0.139. The molecule has 0 N–H and O–H groups in total. The normalized spacial score (nSPS) is 12.4. The monoisotopic (exact) mass is 405 g/mol. The van der Waals surface area contributed by atoms with Gasteiger partial charge < -0.3 is 9.47 Å². The Hall–Kier alpha value is -3.21. The number of nitrogens with zero attached hydrogens (tertiary/aromatic N) is 1. The number of ether oxygens (including phenoxy) is 2. The van der Waals surface area contributed by atoms with Gasteiger partial charge >= 0.3 is 11.9 Å². The van der Waals surface area contributed by atoms with Gasteiger partial charge in [-0.1, -0.05) is 43.3 Å². The Morgan fingerprint density at radius 2 is 1.63 bits per heavy atom. The van der Waals surface area contributed by atoms with E-state index < -0.39 is 5.60 Å². The number of fused-ring (bicyclic) bond motifs is 1. The predicted octanol–water partition coefficient (Wildman–Crippen LogP) is 5.06. The molecule has 1 atom stereocenters. The molecule has 0 bridgehead atoms. The maximum absolute atomic E-state index is 12.3. The van der Waals surface area contributed by atoms with Crippen molar-refractivity contribution >= 4 is 22.7 Å². The quantitative estimate of drug-likeness (QED) is 0.555. The van der Waals surface area contributed by atoms with Crippen LogP contribution in [0.1, 0.15) is 60.8 Å². The molecule has 0 spiro atoms. The van der Waals surface area contributed by atoms with E-state index in [9.17, 15) is 9.59 Å². The van der Waals surface area contributed by atoms with Crippen LogP contribution in [0.2, 0.25) is 0 Å². The summed E-state index contributed by atoms with van der Waals surface area (Å²) in [5.41, 5.74) is 2.79. The van der Waals surface area contributed by atoms with Crippen molar-refractivity contribution in [1.29, 1.82) is 0 Å². The van der Waals surface area contributed by atoms with Crippen LogP contribution in [0.15, 0.2) is 54.7 Å². The fourth-order valence-electron chi connectivity index (χ4n) is 3.39. The Bertz CT molecular complexity index is 1060. The van der Waals surface area contributed by atoms with Gasteiger partial charge in [0.15, 0.2) is 0 Å². The summed E-state index contributed by atoms with van der Waals surface area (Å²) in [5, 5.41) is 1.99. The molecule has 0 amide bonds. The fourth-order valence-corrected chi connectivity index (χ4v) is 3.39. The highest BCUT2D eigenvalue weighted by Crippen LogP contribution is 2.31. The summed E-state index contributed by atoms with van der Waals surface area (Å²) >= 11 is 0. The molecule has 1 aromatic heterocycles. The van der Waals surface area contributed by atoms with E-state index in [1.165, 1.54) is 7.11 Å². The molecule has 3 aromatic rings. The molecule has 156 valence electrons. The lowest BCUT2D eigenvalue weighted by atomic mass is 9.91. The summed E-state index contributed by atoms with van der Waals surface area (Å²) in [6.07, 6.45) is 1.93. The number of hydrogen-bond donors (Lipinski definition) is 0. The van der Waals surface area contributed by atoms with E-state index in [4.69, 9.17) is 9.47 Å². The van der Waals surface area contributed by atoms with Crippen LogP contribution < -0.4 is 0 Å². The number of esters is 2. The first-order valence-corrected chi connectivity index (χ1v) is 9.96. The van der Waals surface area contributed by atoms with Crippen LogP contribution in [-0.2, 0) is 20.7 Å². The van der Waals surface area contributed by atoms with Crippen LogP contribution in [0.5, 0.6) is 0 Å². The van der Waals surface area contributed by atoms with Crippen molar-refractivity contribution in [2.45, 2.75) is 45.6 Å². The average molecular weight is 405 g/mol. The second kappa shape index (κ2) is 8.66. The van der Waals surface area contributed by atoms with Crippen LogP contribution >= 0.6 is 0 Å². The third-order valence-electron chi connectivity index (χ3n) is 4.93. The molecule has 5 nitrogen and oxygen atoms in total. The van der Waals surface area contributed by atoms with Gasteiger partial charge in [-0.05, 0) is 49.4 Å². The number of carbonyl (C=O) groups excluding carboxylic acids is 2. The zero-order chi connectivity index (χ0) is 21.9. The van der Waals surface area contributed by atoms with Crippen LogP contribution in [-0.4, -0.2) is 29.6 Å². The van der Waals surface area contributed by atoms with Gasteiger partial charge in [-0.15, -0.1) is 0 Å². The lowest BCUT2D eigenvalue weighted by Crippen LogP contribution is -2.23. The van der Waals surface area contributed by atoms with Crippen molar-refractivity contribution in [1.82, 2.24) is 4.98 Å². The zero-order valence-electron chi connectivity index (χ0n) is 18.1. The van der Waals surface area contributed by atoms with E-state index in [1.54, 1.807) is 18.3 Å². The molecule has 0 saturated heterocycles. The molecule has 30 heavy (non-hydrogen) atoms. The second-order valence-corrected chi connectivity index (χ2v) is 8.31. The SMILES string of the molecule is COC(=O)Cc1cnc(C(C)c2ccc(C(=O)OC(C)(C)C)cc2)c2ccccc12. The Morgan fingerprint density at radius 3 is 2.23 bits per heavy atom. The topological polar surface area (TPSA) is 65.5 Å². The molecule has 5 heteroatoms. The molecule has 0 saturated carbocycles. The smallest absolute Gasteiger partial charge is 0.338 e. The van der Waals surface area contributed by atoms with Crippen LogP contribution in [0.3, 0.4) is 0 Å². The first-order valence-electron chi connectivity index (χ1n) is 9.96. The van der Waals surface area contributed by atoms with Gasteiger partial charge in [0.2, 0.25) is 0 Å². The van der Waals surface area contributed by atoms with Crippen LogP contribution in [0.25, 0.3) is 10.8 Å². The summed E-state index contributed by atoms with van der Waals surface area (Å²) in [4.78, 5) is 28.7. The van der Waals surface area contributed by atoms with E-state index >= 15 is 0 Å². The predicted molar refractivity (Wildman–Crippen MR) is 117 cm³/mol. The Morgan fingerprint density at radius 1 is 1.00 bits per heavy atom. The van der Waals surface area contributed by atoms with Gasteiger partial charge in [-0.25, -0.2) is 4.79 Å². The van der Waals surface area contributed by atoms with Crippen LogP contribution in [0, 0.1) is 0 Å². The number of rotatable bonds is 5. The van der Waals surface area contributed by atoms with Gasteiger partial charge in [0, 0.05) is 17.5 Å². The molecule has 0 aliphatic rings. The molecule has 0 aliphatic heterocycles. The van der Waals surface area contributed by atoms with Crippen molar-refractivity contribution in [3.8, 4) is 0 Å². The largest absolute Gasteiger partial charge is 0.469 e. The number of carbonyl (C=O) groups is 2. The molecule has 2 aromatic carbocycles. The first kappa shape index (κ1) is 21.5. The van der Waals surface area contributed by atoms with E-state index in [1.807, 2.05) is 57.2 Å². The zero-order valence-corrected chi connectivity index (χ0v) is 18.1. The molecule has 3 rings (SSSR count). The lowest BCUT2D eigenvalue weighted by Gasteiger charge is -2.20. The summed E-state index contributed by atoms with van der Waals surface area (Å²) in [6.45, 7) is 7.63. The number of hydrogen-bond acceptors (Lipinski definition) is 5. The Balaban J connectivity index is 1.92. The van der Waals surface area contributed by atoms with E-state index in [-0.39, 0.29) is 24.3 Å². The summed E-state index contributed by atoms with van der Waals surface area (Å²) < 4.78 is 10.2. The van der Waals surface area contributed by atoms with E-state index in [0.717, 1.165) is 27.6 Å². The highest BCUT2D eigenvalue weighted by molar-refractivity contribution is 5.91. The van der Waals surface area contributed by atoms with Crippen LogP contribution in [0.4, 0.5) is 0 Å². The summed E-state index contributed by atoms with van der Waals surface area (Å²) in [6, 6.07) is 15.4. The third-order valence-corrected chi connectivity index (χ3v) is 4.93. The maximum atomic E-state index is 12.3. The number of benzene rings is 2. The maximum Gasteiger partial charge on any atom is 0.338 e. The Kier molecular flexibility index (Phi) is 6.20. The molecular formula is C25H27NO4. The standard InChI is InChI=1S/C25H27NO4/c1-16(17-10-12-18(13-11-17)24(28)30-25(2,3)4)23-21-9-7-6-8-20(21)19(15-26-23)14-22(27)29-5/h6-13,15-16H,14H2,1-5H3. The Labute approximate surface area is 177 Å². The minimum Gasteiger partial charge on any atom is -0.469 e. The van der Waals surface area contributed by atoms with Gasteiger partial charge in [-0.2, -0.15) is 0 Å². The first-order chi connectivity index (χ1) is 14.2. The molecular weight excluding hydrogens is 378 g/mol. The minimum atomic E-state index is -0.530. The molecule has 0 radical (unpaired) electrons. The third kappa shape index (κ3) is 4.85. The molecule has 0 aliphatic carbocycles. The van der Waals surface area contributed by atoms with E-state index in [2.05, 4.69) is 11.9 Å². The van der Waals surface area contributed by atoms with E-state index in [0.29, 0.717) is 5.56 Å². The highest BCUT2D eigenvalue weighted by Gasteiger charge is 2.20. The fraction of sp³-hybridized carbons (Fsp3) is 0.320. The van der Waals surface area contributed by atoms with Crippen molar-refractivity contribution in [3.63, 3.8) is 0 Å². The van der Waals surface area contributed by atoms with Crippen molar-refractivity contribution in [2.24, 2.45) is 0 Å². The summed E-state index contributed by atoms with van der Waals surface area (Å²) in [5.74, 6) is -0.618. The molecule has 1 heterocycles. The van der Waals surface area contributed by atoms with Crippen molar-refractivity contribution in [2.75, 3.05) is 7.11 Å². The van der Waals surface area contributed by atoms with Crippen molar-refractivity contribution < 1.29 is 19.1 Å². The molecule has 0 fully saturated rings. The number of aromatic nitrogens is 1. The summed E-state index contributed by atoms with van der Waals surface area (Å²) in [7, 11) is 1.38.